The van der Waals surface area contributed by atoms with Crippen LogP contribution in [0.15, 0.2) is 40.6 Å². The molecule has 0 bridgehead atoms. The topological polar surface area (TPSA) is 96.0 Å². The number of carbonyl (C=O) groups is 2. The van der Waals surface area contributed by atoms with Crippen molar-refractivity contribution in [2.75, 3.05) is 45.3 Å². The van der Waals surface area contributed by atoms with Crippen molar-refractivity contribution in [3.8, 4) is 5.75 Å². The fourth-order valence-corrected chi connectivity index (χ4v) is 6.94. The first-order chi connectivity index (χ1) is 15.8. The number of benzene rings is 1. The molecule has 1 unspecified atom stereocenters. The number of methoxy groups -OCH3 is 1. The van der Waals surface area contributed by atoms with Crippen molar-refractivity contribution < 1.29 is 22.7 Å². The molecule has 1 saturated heterocycles. The van der Waals surface area contributed by atoms with E-state index in [9.17, 15) is 18.0 Å². The van der Waals surface area contributed by atoms with Crippen LogP contribution in [0.25, 0.3) is 0 Å². The first-order valence-electron chi connectivity index (χ1n) is 10.2. The monoisotopic (exact) mass is 531 g/mol. The maximum Gasteiger partial charge on any atom is 0.252 e. The second-order valence-corrected chi connectivity index (χ2v) is 12.2. The Labute approximate surface area is 207 Å². The molecule has 1 N–H and O–H groups in total. The normalized spacial score (nSPS) is 15.8. The van der Waals surface area contributed by atoms with Crippen LogP contribution in [0.2, 0.25) is 4.34 Å². The lowest BCUT2D eigenvalue weighted by Crippen LogP contribution is -2.55. The molecular weight excluding hydrogens is 506 g/mol. The number of ether oxygens (including phenoxy) is 1. The van der Waals surface area contributed by atoms with Crippen LogP contribution in [-0.2, 0) is 14.8 Å². The Balaban J connectivity index is 1.64. The molecule has 180 valence electrons. The molecule has 1 aromatic heterocycles. The van der Waals surface area contributed by atoms with Gasteiger partial charge in [0.05, 0.1) is 11.4 Å². The smallest absolute Gasteiger partial charge is 0.252 e. The zero-order valence-electron chi connectivity index (χ0n) is 18.3. The number of hydrogen-bond donors (Lipinski definition) is 1. The molecule has 12 heteroatoms. The van der Waals surface area contributed by atoms with Crippen molar-refractivity contribution in [1.82, 2.24) is 14.5 Å². The fourth-order valence-electron chi connectivity index (χ4n) is 3.41. The van der Waals surface area contributed by atoms with Crippen molar-refractivity contribution >= 4 is 56.5 Å². The average Bonchev–Trinajstić information content (AvgIpc) is 3.28. The minimum atomic E-state index is -3.64. The van der Waals surface area contributed by atoms with Crippen molar-refractivity contribution in [1.29, 1.82) is 0 Å². The second-order valence-electron chi connectivity index (χ2n) is 7.32. The summed E-state index contributed by atoms with van der Waals surface area (Å²) in [5.74, 6) is 0.793. The largest absolute Gasteiger partial charge is 0.497 e. The predicted molar refractivity (Wildman–Crippen MR) is 132 cm³/mol. The summed E-state index contributed by atoms with van der Waals surface area (Å²) in [5, 5.41) is 2.84. The van der Waals surface area contributed by atoms with Crippen LogP contribution in [0.1, 0.15) is 16.8 Å². The van der Waals surface area contributed by atoms with Gasteiger partial charge in [0, 0.05) is 31.7 Å². The van der Waals surface area contributed by atoms with Crippen LogP contribution in [0.3, 0.4) is 0 Å². The minimum Gasteiger partial charge on any atom is -0.497 e. The predicted octanol–water partition coefficient (Wildman–Crippen LogP) is 2.79. The highest BCUT2D eigenvalue weighted by Gasteiger charge is 2.33. The minimum absolute atomic E-state index is 0.186. The van der Waals surface area contributed by atoms with Gasteiger partial charge in [0.15, 0.2) is 0 Å². The summed E-state index contributed by atoms with van der Waals surface area (Å²) < 4.78 is 32.7. The Bertz CT molecular complexity index is 1070. The Kier molecular flexibility index (Phi) is 9.05. The number of amides is 2. The Morgan fingerprint density at radius 2 is 1.82 bits per heavy atom. The Hall–Kier alpha value is -1.79. The van der Waals surface area contributed by atoms with Crippen LogP contribution in [0, 0.1) is 0 Å². The summed E-state index contributed by atoms with van der Waals surface area (Å²) in [6.45, 7) is 0.882. The third-order valence-electron chi connectivity index (χ3n) is 5.26. The molecule has 3 rings (SSSR count). The van der Waals surface area contributed by atoms with E-state index in [2.05, 4.69) is 5.32 Å². The van der Waals surface area contributed by atoms with Gasteiger partial charge in [0.2, 0.25) is 5.91 Å². The summed E-state index contributed by atoms with van der Waals surface area (Å²) in [6, 6.07) is 9.03. The fraction of sp³-hybridized carbons (Fsp3) is 0.429. The van der Waals surface area contributed by atoms with Gasteiger partial charge in [0.1, 0.15) is 16.0 Å². The number of halogens is 1. The number of thioether (sulfide) groups is 1. The molecule has 33 heavy (non-hydrogen) atoms. The van der Waals surface area contributed by atoms with Crippen LogP contribution in [-0.4, -0.2) is 80.8 Å². The highest BCUT2D eigenvalue weighted by molar-refractivity contribution is 7.98. The Morgan fingerprint density at radius 1 is 1.15 bits per heavy atom. The molecular formula is C21H26ClN3O5S3. The van der Waals surface area contributed by atoms with E-state index in [1.807, 2.05) is 6.26 Å². The molecule has 2 amide bonds. The molecule has 0 saturated carbocycles. The van der Waals surface area contributed by atoms with Gasteiger partial charge in [0.25, 0.3) is 15.9 Å². The zero-order chi connectivity index (χ0) is 24.0. The Morgan fingerprint density at radius 3 is 2.36 bits per heavy atom. The van der Waals surface area contributed by atoms with Crippen LogP contribution in [0.5, 0.6) is 5.75 Å². The SMILES string of the molecule is COc1ccc(C(=O)NC(CCSC)C(=O)N2CCN(S(=O)(=O)c3ccc(Cl)s3)CC2)cc1. The van der Waals surface area contributed by atoms with Crippen LogP contribution >= 0.6 is 34.7 Å². The molecule has 0 radical (unpaired) electrons. The lowest BCUT2D eigenvalue weighted by molar-refractivity contribution is -0.134. The number of nitrogens with one attached hydrogen (secondary N) is 1. The first kappa shape index (κ1) is 25.8. The maximum absolute atomic E-state index is 13.2. The molecule has 1 fully saturated rings. The molecule has 1 atom stereocenters. The first-order valence-corrected chi connectivity index (χ1v) is 14.3. The van der Waals surface area contributed by atoms with Crippen molar-refractivity contribution in [3.63, 3.8) is 0 Å². The van der Waals surface area contributed by atoms with Crippen LogP contribution in [0.4, 0.5) is 0 Å². The number of hydrogen-bond acceptors (Lipinski definition) is 7. The van der Waals surface area contributed by atoms with E-state index in [-0.39, 0.29) is 42.2 Å². The molecule has 2 aromatic rings. The number of carbonyl (C=O) groups excluding carboxylic acids is 2. The summed E-state index contributed by atoms with van der Waals surface area (Å²) >= 11 is 8.49. The van der Waals surface area contributed by atoms with Crippen molar-refractivity contribution in [2.24, 2.45) is 0 Å². The molecule has 0 aliphatic carbocycles. The second kappa shape index (κ2) is 11.6. The van der Waals surface area contributed by atoms with E-state index in [0.717, 1.165) is 11.3 Å². The molecule has 1 aliphatic rings. The number of rotatable bonds is 9. The van der Waals surface area contributed by atoms with Gasteiger partial charge in [-0.05, 0) is 54.8 Å². The molecule has 8 nitrogen and oxygen atoms in total. The number of piperazine rings is 1. The van der Waals surface area contributed by atoms with Gasteiger partial charge in [-0.15, -0.1) is 11.3 Å². The van der Waals surface area contributed by atoms with Crippen molar-refractivity contribution in [2.45, 2.75) is 16.7 Å². The standard InChI is InChI=1S/C21H26ClN3O5S3/c1-30-16-5-3-15(4-6-16)20(26)23-17(9-14-31-2)21(27)24-10-12-25(13-11-24)33(28,29)19-8-7-18(22)32-19/h3-8,17H,9-14H2,1-2H3,(H,23,26). The molecule has 0 spiro atoms. The number of sulfonamides is 1. The lowest BCUT2D eigenvalue weighted by atomic mass is 10.1. The van der Waals surface area contributed by atoms with Gasteiger partial charge in [-0.3, -0.25) is 9.59 Å². The van der Waals surface area contributed by atoms with Crippen molar-refractivity contribution in [3.05, 3.63) is 46.3 Å². The molecule has 1 aliphatic heterocycles. The van der Waals surface area contributed by atoms with Gasteiger partial charge in [-0.2, -0.15) is 16.1 Å². The van der Waals surface area contributed by atoms with E-state index in [1.54, 1.807) is 54.1 Å². The summed E-state index contributed by atoms with van der Waals surface area (Å²) in [5.41, 5.74) is 0.434. The van der Waals surface area contributed by atoms with E-state index in [1.165, 1.54) is 10.4 Å². The van der Waals surface area contributed by atoms with Crippen LogP contribution < -0.4 is 10.1 Å². The molecule has 2 heterocycles. The van der Waals surface area contributed by atoms with E-state index < -0.39 is 16.1 Å². The zero-order valence-corrected chi connectivity index (χ0v) is 21.5. The third-order valence-corrected chi connectivity index (χ3v) is 9.50. The number of nitrogens with zero attached hydrogens (tertiary/aromatic N) is 2. The van der Waals surface area contributed by atoms with E-state index >= 15 is 0 Å². The summed E-state index contributed by atoms with van der Waals surface area (Å²) in [7, 11) is -2.09. The summed E-state index contributed by atoms with van der Waals surface area (Å²) in [4.78, 5) is 27.5. The number of thiophene rings is 1. The van der Waals surface area contributed by atoms with Gasteiger partial charge >= 0.3 is 0 Å². The van der Waals surface area contributed by atoms with E-state index in [4.69, 9.17) is 16.3 Å². The average molecular weight is 532 g/mol. The maximum atomic E-state index is 13.2. The van der Waals surface area contributed by atoms with Gasteiger partial charge < -0.3 is 15.0 Å². The van der Waals surface area contributed by atoms with Gasteiger partial charge in [-0.1, -0.05) is 11.6 Å². The highest BCUT2D eigenvalue weighted by atomic mass is 35.5. The third kappa shape index (κ3) is 6.42. The molecule has 1 aromatic carbocycles. The quantitative estimate of drug-likeness (QED) is 0.534. The summed E-state index contributed by atoms with van der Waals surface area (Å²) in [6.07, 6.45) is 2.42. The highest BCUT2D eigenvalue weighted by Crippen LogP contribution is 2.28. The van der Waals surface area contributed by atoms with Gasteiger partial charge in [-0.25, -0.2) is 8.42 Å². The van der Waals surface area contributed by atoms with E-state index in [0.29, 0.717) is 27.8 Å². The lowest BCUT2D eigenvalue weighted by Gasteiger charge is -2.35.